The van der Waals surface area contributed by atoms with Gasteiger partial charge in [0, 0.05) is 26.2 Å². The van der Waals surface area contributed by atoms with Crippen molar-refractivity contribution in [2.45, 2.75) is 33.2 Å². The van der Waals surface area contributed by atoms with Crippen molar-refractivity contribution in [2.75, 3.05) is 31.0 Å². The number of aryl methyl sites for hydroxylation is 1. The largest absolute Gasteiger partial charge is 0.497 e. The lowest BCUT2D eigenvalue weighted by Gasteiger charge is -2.35. The second-order valence-corrected chi connectivity index (χ2v) is 9.56. The Bertz CT molecular complexity index is 992. The summed E-state index contributed by atoms with van der Waals surface area (Å²) in [5.41, 5.74) is 2.76. The van der Waals surface area contributed by atoms with Crippen LogP contribution in [0, 0.1) is 12.8 Å². The Kier molecular flexibility index (Phi) is 7.56. The van der Waals surface area contributed by atoms with Crippen molar-refractivity contribution in [1.29, 1.82) is 0 Å². The molecule has 1 heterocycles. The summed E-state index contributed by atoms with van der Waals surface area (Å²) in [6.45, 7) is 5.16. The minimum atomic E-state index is -3.74. The van der Waals surface area contributed by atoms with Gasteiger partial charge in [-0.1, -0.05) is 24.3 Å². The van der Waals surface area contributed by atoms with Crippen LogP contribution in [-0.4, -0.2) is 45.4 Å². The molecule has 31 heavy (non-hydrogen) atoms. The number of amides is 1. The van der Waals surface area contributed by atoms with Crippen LogP contribution in [0.3, 0.4) is 0 Å². The minimum Gasteiger partial charge on any atom is -0.497 e. The number of ether oxygens (including phenoxy) is 1. The van der Waals surface area contributed by atoms with E-state index < -0.39 is 10.2 Å². The predicted octanol–water partition coefficient (Wildman–Crippen LogP) is 3.10. The Morgan fingerprint density at radius 3 is 2.55 bits per heavy atom. The molecule has 2 aromatic rings. The lowest BCUT2D eigenvalue weighted by molar-refractivity contribution is -0.126. The highest BCUT2D eigenvalue weighted by Crippen LogP contribution is 2.27. The molecule has 3 rings (SSSR count). The molecule has 1 atom stereocenters. The van der Waals surface area contributed by atoms with E-state index in [-0.39, 0.29) is 18.4 Å². The van der Waals surface area contributed by atoms with Gasteiger partial charge in [0.15, 0.2) is 0 Å². The zero-order chi connectivity index (χ0) is 22.4. The van der Waals surface area contributed by atoms with Gasteiger partial charge in [-0.3, -0.25) is 9.10 Å². The molecule has 1 fully saturated rings. The fourth-order valence-corrected chi connectivity index (χ4v) is 5.59. The highest BCUT2D eigenvalue weighted by molar-refractivity contribution is 7.90. The molecule has 0 unspecified atom stereocenters. The quantitative estimate of drug-likeness (QED) is 0.677. The summed E-state index contributed by atoms with van der Waals surface area (Å²) < 4.78 is 34.7. The van der Waals surface area contributed by atoms with Gasteiger partial charge in [0.1, 0.15) is 5.75 Å². The van der Waals surface area contributed by atoms with E-state index in [1.54, 1.807) is 38.3 Å². The van der Waals surface area contributed by atoms with Gasteiger partial charge in [0.2, 0.25) is 5.91 Å². The van der Waals surface area contributed by atoms with Crippen LogP contribution >= 0.6 is 0 Å². The Balaban J connectivity index is 1.68. The van der Waals surface area contributed by atoms with Crippen LogP contribution in [0.2, 0.25) is 0 Å². The van der Waals surface area contributed by atoms with Crippen molar-refractivity contribution in [3.05, 3.63) is 59.7 Å². The van der Waals surface area contributed by atoms with Crippen molar-refractivity contribution in [2.24, 2.45) is 5.92 Å². The summed E-state index contributed by atoms with van der Waals surface area (Å²) in [4.78, 5) is 12.8. The molecule has 0 aromatic heterocycles. The monoisotopic (exact) mass is 445 g/mol. The van der Waals surface area contributed by atoms with Crippen LogP contribution < -0.4 is 14.4 Å². The van der Waals surface area contributed by atoms with Crippen LogP contribution in [-0.2, 0) is 21.5 Å². The normalized spacial score (nSPS) is 17.2. The molecular weight excluding hydrogens is 414 g/mol. The van der Waals surface area contributed by atoms with E-state index in [2.05, 4.69) is 5.32 Å². The molecule has 1 saturated heterocycles. The number of carbonyl (C=O) groups excluding carboxylic acids is 1. The Morgan fingerprint density at radius 2 is 1.90 bits per heavy atom. The third-order valence-corrected chi connectivity index (χ3v) is 7.73. The number of hydrogen-bond acceptors (Lipinski definition) is 4. The number of anilines is 1. The van der Waals surface area contributed by atoms with Crippen molar-refractivity contribution in [3.8, 4) is 5.75 Å². The summed E-state index contributed by atoms with van der Waals surface area (Å²) in [5.74, 6) is 0.207. The third-order valence-electron chi connectivity index (χ3n) is 5.72. The third kappa shape index (κ3) is 5.37. The van der Waals surface area contributed by atoms with Crippen LogP contribution in [0.5, 0.6) is 5.75 Å². The summed E-state index contributed by atoms with van der Waals surface area (Å²) in [5, 5.41) is 2.98. The van der Waals surface area contributed by atoms with Gasteiger partial charge in [-0.05, 0) is 62.1 Å². The van der Waals surface area contributed by atoms with Crippen LogP contribution in [0.15, 0.2) is 48.5 Å². The van der Waals surface area contributed by atoms with E-state index in [4.69, 9.17) is 4.74 Å². The molecule has 0 spiro atoms. The van der Waals surface area contributed by atoms with Crippen LogP contribution in [0.4, 0.5) is 5.69 Å². The SMILES string of the molecule is CCN(c1ccc(OC)cc1)S(=O)(=O)N1CCC[C@H](C(=O)NCc2ccccc2C)C1. The predicted molar refractivity (Wildman–Crippen MR) is 122 cm³/mol. The first-order chi connectivity index (χ1) is 14.9. The van der Waals surface area contributed by atoms with E-state index in [1.165, 1.54) is 8.61 Å². The van der Waals surface area contributed by atoms with Gasteiger partial charge in [-0.25, -0.2) is 0 Å². The summed E-state index contributed by atoms with van der Waals surface area (Å²) in [6.07, 6.45) is 1.34. The van der Waals surface area contributed by atoms with E-state index in [1.807, 2.05) is 31.2 Å². The van der Waals surface area contributed by atoms with Crippen molar-refractivity contribution in [3.63, 3.8) is 0 Å². The number of rotatable bonds is 8. The molecule has 1 N–H and O–H groups in total. The number of hydrogen-bond donors (Lipinski definition) is 1. The number of benzene rings is 2. The Hall–Kier alpha value is -2.58. The molecule has 2 aromatic carbocycles. The van der Waals surface area contributed by atoms with Crippen LogP contribution in [0.25, 0.3) is 0 Å². The molecule has 8 heteroatoms. The highest BCUT2D eigenvalue weighted by Gasteiger charge is 2.35. The highest BCUT2D eigenvalue weighted by atomic mass is 32.2. The van der Waals surface area contributed by atoms with Crippen molar-refractivity contribution < 1.29 is 17.9 Å². The first-order valence-corrected chi connectivity index (χ1v) is 12.0. The number of carbonyl (C=O) groups is 1. The molecule has 1 aliphatic heterocycles. The Morgan fingerprint density at radius 1 is 1.19 bits per heavy atom. The zero-order valence-electron chi connectivity index (χ0n) is 18.4. The maximum absolute atomic E-state index is 13.4. The molecule has 7 nitrogen and oxygen atoms in total. The maximum atomic E-state index is 13.4. The van der Waals surface area contributed by atoms with Gasteiger partial charge in [-0.2, -0.15) is 12.7 Å². The molecule has 0 saturated carbocycles. The van der Waals surface area contributed by atoms with Gasteiger partial charge >= 0.3 is 10.2 Å². The molecule has 168 valence electrons. The topological polar surface area (TPSA) is 79.0 Å². The first-order valence-electron chi connectivity index (χ1n) is 10.6. The summed E-state index contributed by atoms with van der Waals surface area (Å²) in [6, 6.07) is 14.9. The number of piperidine rings is 1. The molecule has 1 aliphatic rings. The molecular formula is C23H31N3O4S. The van der Waals surface area contributed by atoms with E-state index in [0.29, 0.717) is 43.9 Å². The lowest BCUT2D eigenvalue weighted by Crippen LogP contribution is -2.50. The number of methoxy groups -OCH3 is 1. The van der Waals surface area contributed by atoms with Crippen LogP contribution in [0.1, 0.15) is 30.9 Å². The minimum absolute atomic E-state index is 0.101. The molecule has 0 aliphatic carbocycles. The maximum Gasteiger partial charge on any atom is 0.304 e. The Labute approximate surface area is 185 Å². The van der Waals surface area contributed by atoms with Gasteiger partial charge in [-0.15, -0.1) is 0 Å². The molecule has 0 radical (unpaired) electrons. The van der Waals surface area contributed by atoms with Crippen molar-refractivity contribution >= 4 is 21.8 Å². The van der Waals surface area contributed by atoms with E-state index >= 15 is 0 Å². The lowest BCUT2D eigenvalue weighted by atomic mass is 9.98. The van der Waals surface area contributed by atoms with Crippen molar-refractivity contribution in [1.82, 2.24) is 9.62 Å². The summed E-state index contributed by atoms with van der Waals surface area (Å²) in [7, 11) is -2.17. The van der Waals surface area contributed by atoms with E-state index in [9.17, 15) is 13.2 Å². The van der Waals surface area contributed by atoms with Gasteiger partial charge < -0.3 is 10.1 Å². The second-order valence-electron chi connectivity index (χ2n) is 7.71. The standard InChI is InChI=1S/C23H31N3O4S/c1-4-26(21-11-13-22(30-3)14-12-21)31(28,29)25-15-7-10-20(17-25)23(27)24-16-19-9-6-5-8-18(19)2/h5-6,8-9,11-14,20H,4,7,10,15-17H2,1-3H3,(H,24,27)/t20-/m0/s1. The van der Waals surface area contributed by atoms with Gasteiger partial charge in [0.25, 0.3) is 0 Å². The number of nitrogens with one attached hydrogen (secondary N) is 1. The average Bonchev–Trinajstić information content (AvgIpc) is 2.79. The average molecular weight is 446 g/mol. The fraction of sp³-hybridized carbons (Fsp3) is 0.435. The second kappa shape index (κ2) is 10.2. The number of nitrogens with zero attached hydrogens (tertiary/aromatic N) is 2. The van der Waals surface area contributed by atoms with E-state index in [0.717, 1.165) is 11.1 Å². The fourth-order valence-electron chi connectivity index (χ4n) is 3.87. The molecule has 0 bridgehead atoms. The first kappa shape index (κ1) is 23.1. The summed E-state index contributed by atoms with van der Waals surface area (Å²) >= 11 is 0. The zero-order valence-corrected chi connectivity index (χ0v) is 19.2. The molecule has 1 amide bonds. The smallest absolute Gasteiger partial charge is 0.304 e. The van der Waals surface area contributed by atoms with Gasteiger partial charge in [0.05, 0.1) is 18.7 Å².